The minimum atomic E-state index is -0.369. The van der Waals surface area contributed by atoms with E-state index in [1.165, 1.54) is 11.1 Å². The number of hydrogen-bond donors (Lipinski definition) is 0. The maximum absolute atomic E-state index is 12.6. The van der Waals surface area contributed by atoms with Gasteiger partial charge in [0.1, 0.15) is 0 Å². The van der Waals surface area contributed by atoms with Gasteiger partial charge in [-0.25, -0.2) is 0 Å². The lowest BCUT2D eigenvalue weighted by Crippen LogP contribution is -2.24. The van der Waals surface area contributed by atoms with Gasteiger partial charge in [-0.2, -0.15) is 0 Å². The molecule has 4 aromatic rings. The molecule has 2 nitrogen and oxygen atoms in total. The van der Waals surface area contributed by atoms with Crippen LogP contribution in [0.1, 0.15) is 37.8 Å². The highest BCUT2D eigenvalue weighted by Crippen LogP contribution is 2.38. The Kier molecular flexibility index (Phi) is 3.49. The molecule has 4 rings (SSSR count). The topological polar surface area (TPSA) is 34.1 Å². The number of aryl methyl sites for hydroxylation is 2. The SMILES string of the molecule is CCCc1c(CCC)c2cccc3c(=O)c(=O)c4cccc1c4c23. The molecule has 0 aliphatic rings. The predicted molar refractivity (Wildman–Crippen MR) is 102 cm³/mol. The van der Waals surface area contributed by atoms with E-state index in [2.05, 4.69) is 26.0 Å². The largest absolute Gasteiger partial charge is 0.285 e. The van der Waals surface area contributed by atoms with Crippen molar-refractivity contribution in [2.75, 3.05) is 0 Å². The summed E-state index contributed by atoms with van der Waals surface area (Å²) in [5, 5.41) is 5.41. The van der Waals surface area contributed by atoms with Crippen LogP contribution in [0.25, 0.3) is 32.3 Å². The molecule has 0 amide bonds. The third kappa shape index (κ3) is 1.89. The molecule has 0 aliphatic heterocycles. The Morgan fingerprint density at radius 2 is 1.00 bits per heavy atom. The predicted octanol–water partition coefficient (Wildman–Crippen LogP) is 4.65. The first-order valence-corrected chi connectivity index (χ1v) is 8.77. The van der Waals surface area contributed by atoms with E-state index >= 15 is 0 Å². The van der Waals surface area contributed by atoms with Crippen LogP contribution in [0.2, 0.25) is 0 Å². The molecule has 0 bridgehead atoms. The molecular weight excluding hydrogens is 296 g/mol. The maximum Gasteiger partial charge on any atom is 0.234 e. The molecule has 0 radical (unpaired) electrons. The van der Waals surface area contributed by atoms with Crippen LogP contribution in [0.3, 0.4) is 0 Å². The highest BCUT2D eigenvalue weighted by atomic mass is 16.2. The molecule has 2 heteroatoms. The molecule has 0 aromatic heterocycles. The van der Waals surface area contributed by atoms with Gasteiger partial charge < -0.3 is 0 Å². The number of benzene rings is 4. The second-order valence-electron chi connectivity index (χ2n) is 6.57. The van der Waals surface area contributed by atoms with Crippen LogP contribution in [0.4, 0.5) is 0 Å². The van der Waals surface area contributed by atoms with E-state index in [0.29, 0.717) is 10.8 Å². The molecule has 0 saturated carbocycles. The molecule has 0 saturated heterocycles. The quantitative estimate of drug-likeness (QED) is 0.406. The Morgan fingerprint density at radius 3 is 1.38 bits per heavy atom. The van der Waals surface area contributed by atoms with Gasteiger partial charge in [-0.15, -0.1) is 0 Å². The van der Waals surface area contributed by atoms with E-state index in [-0.39, 0.29) is 10.9 Å². The fraction of sp³-hybridized carbons (Fsp3) is 0.273. The Morgan fingerprint density at radius 1 is 0.625 bits per heavy atom. The van der Waals surface area contributed by atoms with Crippen molar-refractivity contribution in [3.63, 3.8) is 0 Å². The average molecular weight is 316 g/mol. The summed E-state index contributed by atoms with van der Waals surface area (Å²) in [5.74, 6) is 0. The van der Waals surface area contributed by atoms with Gasteiger partial charge in [0, 0.05) is 21.5 Å². The first-order valence-electron chi connectivity index (χ1n) is 8.77. The lowest BCUT2D eigenvalue weighted by atomic mass is 9.84. The molecular formula is C22H20O2. The molecule has 0 spiro atoms. The fourth-order valence-corrected chi connectivity index (χ4v) is 4.17. The third-order valence-corrected chi connectivity index (χ3v) is 5.09. The molecule has 0 fully saturated rings. The van der Waals surface area contributed by atoms with Crippen LogP contribution in [0, 0.1) is 0 Å². The molecule has 24 heavy (non-hydrogen) atoms. The highest BCUT2D eigenvalue weighted by Gasteiger charge is 2.19. The number of rotatable bonds is 4. The van der Waals surface area contributed by atoms with Crippen molar-refractivity contribution in [1.29, 1.82) is 0 Å². The monoisotopic (exact) mass is 316 g/mol. The number of hydrogen-bond acceptors (Lipinski definition) is 2. The van der Waals surface area contributed by atoms with Gasteiger partial charge in [0.2, 0.25) is 10.9 Å². The van der Waals surface area contributed by atoms with Crippen LogP contribution in [-0.2, 0) is 12.8 Å². The summed E-state index contributed by atoms with van der Waals surface area (Å²) in [6, 6.07) is 11.7. The average Bonchev–Trinajstić information content (AvgIpc) is 2.61. The van der Waals surface area contributed by atoms with Gasteiger partial charge in [0.05, 0.1) is 0 Å². The standard InChI is InChI=1S/C22H20O2/c1-3-7-13-14(8-4-2)16-10-6-12-18-20(16)19-15(13)9-5-11-17(19)21(23)22(18)24/h5-6,9-12H,3-4,7-8H2,1-2H3. The smallest absolute Gasteiger partial charge is 0.234 e. The maximum atomic E-state index is 12.6. The summed E-state index contributed by atoms with van der Waals surface area (Å²) in [5.41, 5.74) is 1.96. The van der Waals surface area contributed by atoms with E-state index in [9.17, 15) is 9.59 Å². The second-order valence-corrected chi connectivity index (χ2v) is 6.57. The lowest BCUT2D eigenvalue weighted by molar-refractivity contribution is 0.874. The fourth-order valence-electron chi connectivity index (χ4n) is 4.17. The molecule has 4 aromatic carbocycles. The molecule has 0 heterocycles. The molecule has 0 atom stereocenters. The summed E-state index contributed by atoms with van der Waals surface area (Å²) in [6.45, 7) is 4.37. The lowest BCUT2D eigenvalue weighted by Gasteiger charge is -2.19. The van der Waals surface area contributed by atoms with Crippen molar-refractivity contribution >= 4 is 32.3 Å². The second kappa shape index (κ2) is 5.55. The van der Waals surface area contributed by atoms with Gasteiger partial charge in [0.25, 0.3) is 0 Å². The normalized spacial score (nSPS) is 11.9. The summed E-state index contributed by atoms with van der Waals surface area (Å²) in [7, 11) is 0. The minimum absolute atomic E-state index is 0.369. The van der Waals surface area contributed by atoms with E-state index < -0.39 is 0 Å². The third-order valence-electron chi connectivity index (χ3n) is 5.09. The van der Waals surface area contributed by atoms with Crippen molar-refractivity contribution in [1.82, 2.24) is 0 Å². The van der Waals surface area contributed by atoms with Gasteiger partial charge in [-0.1, -0.05) is 63.1 Å². The van der Waals surface area contributed by atoms with E-state index in [1.54, 1.807) is 12.1 Å². The first kappa shape index (κ1) is 15.1. The van der Waals surface area contributed by atoms with E-state index in [4.69, 9.17) is 0 Å². The Balaban J connectivity index is 2.40. The van der Waals surface area contributed by atoms with Crippen molar-refractivity contribution in [3.8, 4) is 0 Å². The minimum Gasteiger partial charge on any atom is -0.285 e. The Hall–Kier alpha value is -2.48. The zero-order valence-electron chi connectivity index (χ0n) is 14.1. The highest BCUT2D eigenvalue weighted by molar-refractivity contribution is 6.24. The molecule has 0 unspecified atom stereocenters. The van der Waals surface area contributed by atoms with Crippen LogP contribution < -0.4 is 10.9 Å². The molecule has 120 valence electrons. The van der Waals surface area contributed by atoms with Crippen LogP contribution >= 0.6 is 0 Å². The zero-order valence-corrected chi connectivity index (χ0v) is 14.1. The van der Waals surface area contributed by atoms with Crippen LogP contribution in [0.5, 0.6) is 0 Å². The van der Waals surface area contributed by atoms with Gasteiger partial charge >= 0.3 is 0 Å². The zero-order chi connectivity index (χ0) is 16.8. The van der Waals surface area contributed by atoms with Gasteiger partial charge in [-0.05, 0) is 34.7 Å². The van der Waals surface area contributed by atoms with Crippen molar-refractivity contribution in [2.24, 2.45) is 0 Å². The Labute approximate surface area is 140 Å². The van der Waals surface area contributed by atoms with Gasteiger partial charge in [-0.3, -0.25) is 9.59 Å². The van der Waals surface area contributed by atoms with E-state index in [0.717, 1.165) is 47.2 Å². The molecule has 0 N–H and O–H groups in total. The van der Waals surface area contributed by atoms with Crippen molar-refractivity contribution in [2.45, 2.75) is 39.5 Å². The summed E-state index contributed by atoms with van der Waals surface area (Å²) in [4.78, 5) is 25.1. The van der Waals surface area contributed by atoms with Crippen molar-refractivity contribution in [3.05, 3.63) is 68.0 Å². The van der Waals surface area contributed by atoms with Crippen LogP contribution in [0.15, 0.2) is 46.0 Å². The van der Waals surface area contributed by atoms with E-state index in [1.807, 2.05) is 12.1 Å². The first-order chi connectivity index (χ1) is 11.7. The Bertz CT molecular complexity index is 1070. The molecule has 0 aliphatic carbocycles. The summed E-state index contributed by atoms with van der Waals surface area (Å²) in [6.07, 6.45) is 4.12. The van der Waals surface area contributed by atoms with Crippen molar-refractivity contribution < 1.29 is 0 Å². The van der Waals surface area contributed by atoms with Gasteiger partial charge in [0.15, 0.2) is 0 Å². The summed E-state index contributed by atoms with van der Waals surface area (Å²) < 4.78 is 0. The van der Waals surface area contributed by atoms with Crippen LogP contribution in [-0.4, -0.2) is 0 Å². The summed E-state index contributed by atoms with van der Waals surface area (Å²) >= 11 is 0.